The highest BCUT2D eigenvalue weighted by molar-refractivity contribution is 7.47. The van der Waals surface area contributed by atoms with Gasteiger partial charge in [0.05, 0.1) is 26.4 Å². The van der Waals surface area contributed by atoms with Gasteiger partial charge in [-0.15, -0.1) is 0 Å². The summed E-state index contributed by atoms with van der Waals surface area (Å²) >= 11 is 0. The molecule has 0 radical (unpaired) electrons. The number of phosphoric acid groups is 2. The molecule has 17 nitrogen and oxygen atoms in total. The van der Waals surface area contributed by atoms with Crippen LogP contribution in [0.3, 0.4) is 0 Å². The summed E-state index contributed by atoms with van der Waals surface area (Å²) in [7, 11) is -9.91. The van der Waals surface area contributed by atoms with Gasteiger partial charge >= 0.3 is 39.5 Å². The second kappa shape index (κ2) is 64.9. The molecule has 0 saturated heterocycles. The molecule has 2 unspecified atom stereocenters. The van der Waals surface area contributed by atoms with E-state index in [9.17, 15) is 43.2 Å². The van der Waals surface area contributed by atoms with E-state index in [-0.39, 0.29) is 25.7 Å². The maximum Gasteiger partial charge on any atom is 0.472 e. The summed E-state index contributed by atoms with van der Waals surface area (Å²) in [5, 5.41) is 10.6. The van der Waals surface area contributed by atoms with E-state index >= 15 is 0 Å². The summed E-state index contributed by atoms with van der Waals surface area (Å²) in [4.78, 5) is 72.5. The molecule has 0 rings (SSSR count). The zero-order valence-corrected chi connectivity index (χ0v) is 60.3. The molecule has 0 fully saturated rings. The zero-order chi connectivity index (χ0) is 67.0. The highest BCUT2D eigenvalue weighted by Crippen LogP contribution is 2.45. The molecule has 0 aliphatic heterocycles. The molecular formula is C72H136O17P2. The second-order valence-electron chi connectivity index (χ2n) is 25.8. The Morgan fingerprint density at radius 2 is 0.593 bits per heavy atom. The Morgan fingerprint density at radius 1 is 0.341 bits per heavy atom. The van der Waals surface area contributed by atoms with Gasteiger partial charge in [0.15, 0.2) is 12.2 Å². The van der Waals surface area contributed by atoms with E-state index in [0.717, 1.165) is 115 Å². The van der Waals surface area contributed by atoms with Gasteiger partial charge in [-0.1, -0.05) is 296 Å². The number of rotatable bonds is 70. The third kappa shape index (κ3) is 66.0. The molecule has 0 amide bonds. The average Bonchev–Trinajstić information content (AvgIpc) is 3.63. The third-order valence-corrected chi connectivity index (χ3v) is 18.1. The van der Waals surface area contributed by atoms with Crippen LogP contribution in [0.25, 0.3) is 0 Å². The first-order valence-electron chi connectivity index (χ1n) is 37.0. The molecule has 3 N–H and O–H groups in total. The molecular weight excluding hydrogens is 1200 g/mol. The number of allylic oxidation sites excluding steroid dienone is 4. The van der Waals surface area contributed by atoms with E-state index in [1.807, 2.05) is 0 Å². The van der Waals surface area contributed by atoms with Gasteiger partial charge in [0.25, 0.3) is 0 Å². The van der Waals surface area contributed by atoms with Gasteiger partial charge in [-0.3, -0.25) is 37.3 Å². The number of unbranched alkanes of at least 4 members (excludes halogenated alkanes) is 39. The minimum atomic E-state index is -4.96. The Morgan fingerprint density at radius 3 is 0.901 bits per heavy atom. The summed E-state index contributed by atoms with van der Waals surface area (Å²) in [6.07, 6.45) is 54.9. The molecule has 5 atom stereocenters. The largest absolute Gasteiger partial charge is 0.472 e. The van der Waals surface area contributed by atoms with Gasteiger partial charge in [-0.25, -0.2) is 9.13 Å². The molecule has 0 aromatic carbocycles. The highest BCUT2D eigenvalue weighted by atomic mass is 31.2. The lowest BCUT2D eigenvalue weighted by molar-refractivity contribution is -0.161. The number of carbonyl (C=O) groups excluding carboxylic acids is 4. The van der Waals surface area contributed by atoms with Crippen molar-refractivity contribution in [3.05, 3.63) is 24.3 Å². The predicted octanol–water partition coefficient (Wildman–Crippen LogP) is 20.5. The summed E-state index contributed by atoms with van der Waals surface area (Å²) in [6, 6.07) is 0. The van der Waals surface area contributed by atoms with Crippen molar-refractivity contribution < 1.29 is 80.2 Å². The fourth-order valence-corrected chi connectivity index (χ4v) is 12.0. The van der Waals surface area contributed by atoms with Crippen LogP contribution in [0.4, 0.5) is 0 Å². The number of carbonyl (C=O) groups is 4. The predicted molar refractivity (Wildman–Crippen MR) is 368 cm³/mol. The minimum Gasteiger partial charge on any atom is -0.462 e. The maximum absolute atomic E-state index is 13.0. The van der Waals surface area contributed by atoms with Crippen molar-refractivity contribution in [1.29, 1.82) is 0 Å². The van der Waals surface area contributed by atoms with Crippen LogP contribution in [0.15, 0.2) is 24.3 Å². The Balaban J connectivity index is 5.26. The Bertz CT molecular complexity index is 1850. The summed E-state index contributed by atoms with van der Waals surface area (Å²) in [6.45, 7) is 7.16. The Kier molecular flexibility index (Phi) is 63.1. The summed E-state index contributed by atoms with van der Waals surface area (Å²) in [5.41, 5.74) is 0. The molecule has 91 heavy (non-hydrogen) atoms. The van der Waals surface area contributed by atoms with Crippen LogP contribution >= 0.6 is 15.6 Å². The lowest BCUT2D eigenvalue weighted by Crippen LogP contribution is -2.30. The van der Waals surface area contributed by atoms with E-state index in [2.05, 4.69) is 58.9 Å². The summed E-state index contributed by atoms with van der Waals surface area (Å²) < 4.78 is 68.3. The second-order valence-corrected chi connectivity index (χ2v) is 28.7. The number of ether oxygens (including phenoxy) is 4. The van der Waals surface area contributed by atoms with Crippen molar-refractivity contribution in [3.63, 3.8) is 0 Å². The lowest BCUT2D eigenvalue weighted by Gasteiger charge is -2.21. The molecule has 0 saturated carbocycles. The zero-order valence-electron chi connectivity index (χ0n) is 58.5. The van der Waals surface area contributed by atoms with Crippen molar-refractivity contribution in [3.8, 4) is 0 Å². The van der Waals surface area contributed by atoms with E-state index in [0.29, 0.717) is 25.7 Å². The smallest absolute Gasteiger partial charge is 0.462 e. The topological polar surface area (TPSA) is 237 Å². The van der Waals surface area contributed by atoms with Crippen LogP contribution < -0.4 is 0 Å². The van der Waals surface area contributed by atoms with Gasteiger partial charge in [0.1, 0.15) is 19.3 Å². The van der Waals surface area contributed by atoms with Gasteiger partial charge < -0.3 is 33.8 Å². The average molecular weight is 1340 g/mol. The molecule has 0 aliphatic carbocycles. The fraction of sp³-hybridized carbons (Fsp3) is 0.889. The monoisotopic (exact) mass is 1330 g/mol. The van der Waals surface area contributed by atoms with Crippen LogP contribution in [-0.2, 0) is 65.4 Å². The van der Waals surface area contributed by atoms with Gasteiger partial charge in [0, 0.05) is 25.7 Å². The van der Waals surface area contributed by atoms with Gasteiger partial charge in [-0.05, 0) is 57.3 Å². The number of aliphatic hydroxyl groups is 1. The first kappa shape index (κ1) is 88.5. The number of hydrogen-bond acceptors (Lipinski definition) is 15. The van der Waals surface area contributed by atoms with Crippen molar-refractivity contribution in [2.45, 2.75) is 368 Å². The minimum absolute atomic E-state index is 0.0856. The van der Waals surface area contributed by atoms with Crippen molar-refractivity contribution in [1.82, 2.24) is 0 Å². The number of aliphatic hydroxyl groups excluding tert-OH is 1. The fourth-order valence-electron chi connectivity index (χ4n) is 10.5. The standard InChI is InChI=1S/C72H136O17P2/c1-6-9-12-15-18-21-23-25-27-29-31-36-41-46-51-56-70(75)83-62-68(89-71(76)57-52-47-42-37-32-30-28-26-24-22-19-16-13-10-7-2)64-87-91(80,81)85-60-66(73)59-84-90(78,79)86-63-67(61-82-69(74)55-50-45-40-20-17-14-11-8-3)88-72(77)58-53-48-43-38-34-33-35-39-44-49-54-65(4)5/h22,24,26,28,65-68,73H,6-21,23,25,27,29-64H2,1-5H3,(H,78,79)(H,80,81)/b24-22-,28-26-/t66-,67+,68+/m0/s1. The molecule has 0 spiro atoms. The highest BCUT2D eigenvalue weighted by Gasteiger charge is 2.30. The van der Waals surface area contributed by atoms with Crippen molar-refractivity contribution in [2.75, 3.05) is 39.6 Å². The van der Waals surface area contributed by atoms with E-state index in [1.165, 1.54) is 154 Å². The molecule has 0 heterocycles. The maximum atomic E-state index is 13.0. The Hall–Kier alpha value is -2.46. The number of esters is 4. The van der Waals surface area contributed by atoms with Crippen LogP contribution in [0.5, 0.6) is 0 Å². The molecule has 0 aromatic rings. The lowest BCUT2D eigenvalue weighted by atomic mass is 10.0. The van der Waals surface area contributed by atoms with Crippen molar-refractivity contribution >= 4 is 39.5 Å². The van der Waals surface area contributed by atoms with Crippen LogP contribution in [0.2, 0.25) is 0 Å². The SMILES string of the molecule is CCCCCC/C=C\C=C/CCCCCCCC(=O)O[C@H](COC(=O)CCCCCCCCCCCCCCCCC)COP(=O)(O)OC[C@@H](O)COP(=O)(O)OC[C@@H](COC(=O)CCCCCCCCCC)OC(=O)CCCCCCCCCCCCC(C)C. The Labute approximate surface area is 554 Å². The first-order valence-corrected chi connectivity index (χ1v) is 39.9. The van der Waals surface area contributed by atoms with E-state index in [4.69, 9.17) is 37.0 Å². The number of phosphoric ester groups is 2. The normalized spacial score (nSPS) is 14.2. The number of hydrogen-bond donors (Lipinski definition) is 3. The van der Waals surface area contributed by atoms with Gasteiger partial charge in [-0.2, -0.15) is 0 Å². The molecule has 0 bridgehead atoms. The van der Waals surface area contributed by atoms with E-state index in [1.54, 1.807) is 0 Å². The van der Waals surface area contributed by atoms with Crippen LogP contribution in [0, 0.1) is 5.92 Å². The molecule has 0 aromatic heterocycles. The van der Waals surface area contributed by atoms with Crippen LogP contribution in [-0.4, -0.2) is 96.7 Å². The molecule has 19 heteroatoms. The van der Waals surface area contributed by atoms with Crippen molar-refractivity contribution in [2.24, 2.45) is 5.92 Å². The van der Waals surface area contributed by atoms with Crippen LogP contribution in [0.1, 0.15) is 349 Å². The van der Waals surface area contributed by atoms with Gasteiger partial charge in [0.2, 0.25) is 0 Å². The third-order valence-electron chi connectivity index (χ3n) is 16.2. The van der Waals surface area contributed by atoms with E-state index < -0.39 is 97.5 Å². The molecule has 0 aliphatic rings. The summed E-state index contributed by atoms with van der Waals surface area (Å²) in [5.74, 6) is -1.40. The molecule has 536 valence electrons. The quantitative estimate of drug-likeness (QED) is 0.0169. The first-order chi connectivity index (χ1) is 44.0.